The predicted molar refractivity (Wildman–Crippen MR) is 125 cm³/mol. The molecule has 2 amide bonds. The second-order valence-corrected chi connectivity index (χ2v) is 7.55. The molecule has 0 spiro atoms. The topological polar surface area (TPSA) is 140 Å². The smallest absolute Gasteiger partial charge is 0.338 e. The van der Waals surface area contributed by atoms with Crippen molar-refractivity contribution < 1.29 is 28.6 Å². The molecule has 174 valence electrons. The molecular weight excluding hydrogens is 460 g/mol. The van der Waals surface area contributed by atoms with Gasteiger partial charge in [-0.2, -0.15) is 5.26 Å². The van der Waals surface area contributed by atoms with Gasteiger partial charge in [0.25, 0.3) is 5.91 Å². The van der Waals surface area contributed by atoms with Crippen LogP contribution in [0.1, 0.15) is 16.8 Å². The largest absolute Gasteiger partial charge is 0.497 e. The molecule has 0 aliphatic carbocycles. The Morgan fingerprint density at radius 3 is 2.47 bits per heavy atom. The molecule has 0 unspecified atom stereocenters. The molecule has 0 saturated carbocycles. The first-order valence-electron chi connectivity index (χ1n) is 9.85. The maximum absolute atomic E-state index is 12.2. The van der Waals surface area contributed by atoms with Gasteiger partial charge in [-0.3, -0.25) is 14.9 Å². The summed E-state index contributed by atoms with van der Waals surface area (Å²) in [5.41, 5.74) is 1.93. The van der Waals surface area contributed by atoms with Crippen LogP contribution in [0.15, 0.2) is 47.8 Å². The van der Waals surface area contributed by atoms with Crippen LogP contribution in [0.3, 0.4) is 0 Å². The number of anilines is 2. The van der Waals surface area contributed by atoms with E-state index in [-0.39, 0.29) is 12.0 Å². The Morgan fingerprint density at radius 2 is 1.79 bits per heavy atom. The van der Waals surface area contributed by atoms with Crippen LogP contribution < -0.4 is 20.1 Å². The lowest BCUT2D eigenvalue weighted by molar-refractivity contribution is -0.119. The molecule has 2 N–H and O–H groups in total. The number of esters is 1. The third-order valence-corrected chi connectivity index (χ3v) is 5.17. The summed E-state index contributed by atoms with van der Waals surface area (Å²) in [7, 11) is 3.11. The number of nitriles is 1. The van der Waals surface area contributed by atoms with Crippen LogP contribution in [0, 0.1) is 11.3 Å². The van der Waals surface area contributed by atoms with Gasteiger partial charge in [0.05, 0.1) is 31.5 Å². The number of ether oxygens (including phenoxy) is 3. The highest BCUT2D eigenvalue weighted by Crippen LogP contribution is 2.35. The maximum Gasteiger partial charge on any atom is 0.338 e. The van der Waals surface area contributed by atoms with Gasteiger partial charge in [-0.15, -0.1) is 11.3 Å². The van der Waals surface area contributed by atoms with E-state index in [1.165, 1.54) is 35.6 Å². The zero-order valence-electron chi connectivity index (χ0n) is 18.3. The average Bonchev–Trinajstić information content (AvgIpc) is 3.30. The van der Waals surface area contributed by atoms with Crippen LogP contribution in [0.5, 0.6) is 11.5 Å². The molecule has 0 atom stereocenters. The monoisotopic (exact) mass is 480 g/mol. The van der Waals surface area contributed by atoms with Gasteiger partial charge in [-0.1, -0.05) is 0 Å². The van der Waals surface area contributed by atoms with Crippen LogP contribution in [-0.4, -0.2) is 43.6 Å². The summed E-state index contributed by atoms with van der Waals surface area (Å²) in [5.74, 6) is -0.463. The third-order valence-electron chi connectivity index (χ3n) is 4.41. The first-order valence-corrected chi connectivity index (χ1v) is 10.7. The van der Waals surface area contributed by atoms with Crippen LogP contribution in [0.25, 0.3) is 11.3 Å². The Labute approximate surface area is 199 Å². The zero-order valence-corrected chi connectivity index (χ0v) is 19.1. The first kappa shape index (κ1) is 24.2. The van der Waals surface area contributed by atoms with Gasteiger partial charge in [-0.05, 0) is 42.5 Å². The summed E-state index contributed by atoms with van der Waals surface area (Å²) in [6.45, 7) is -0.503. The number of hydrogen-bond acceptors (Lipinski definition) is 9. The molecule has 0 fully saturated rings. The fourth-order valence-electron chi connectivity index (χ4n) is 2.81. The van der Waals surface area contributed by atoms with E-state index in [0.717, 1.165) is 0 Å². The van der Waals surface area contributed by atoms with Crippen molar-refractivity contribution in [2.45, 2.75) is 6.42 Å². The SMILES string of the molecule is COc1ccc(OC)c(-c2csc(NC(=O)COC(=O)c3ccc(NC(=O)CC#N)cc3)n2)c1. The number of nitrogens with one attached hydrogen (secondary N) is 2. The van der Waals surface area contributed by atoms with Crippen molar-refractivity contribution in [2.75, 3.05) is 31.5 Å². The van der Waals surface area contributed by atoms with Gasteiger partial charge in [-0.25, -0.2) is 9.78 Å². The molecular formula is C23H20N4O6S. The van der Waals surface area contributed by atoms with E-state index in [1.54, 1.807) is 43.9 Å². The molecule has 2 aromatic carbocycles. The first-order chi connectivity index (χ1) is 16.4. The van der Waals surface area contributed by atoms with Gasteiger partial charge in [0.2, 0.25) is 5.91 Å². The molecule has 11 heteroatoms. The quantitative estimate of drug-likeness (QED) is 0.444. The number of thiazole rings is 1. The minimum atomic E-state index is -0.703. The van der Waals surface area contributed by atoms with Crippen molar-refractivity contribution in [2.24, 2.45) is 0 Å². The normalized spacial score (nSPS) is 10.0. The Kier molecular flexibility index (Phi) is 8.15. The van der Waals surface area contributed by atoms with E-state index in [1.807, 2.05) is 0 Å². The summed E-state index contributed by atoms with van der Waals surface area (Å²) in [5, 5.41) is 15.7. The number of methoxy groups -OCH3 is 2. The summed E-state index contributed by atoms with van der Waals surface area (Å²) < 4.78 is 15.6. The van der Waals surface area contributed by atoms with Crippen LogP contribution in [0.4, 0.5) is 10.8 Å². The third kappa shape index (κ3) is 6.30. The number of carbonyl (C=O) groups is 3. The minimum absolute atomic E-state index is 0.202. The maximum atomic E-state index is 12.2. The molecule has 0 aliphatic heterocycles. The van der Waals surface area contributed by atoms with Gasteiger partial charge in [0.15, 0.2) is 11.7 Å². The molecule has 0 bridgehead atoms. The molecule has 3 rings (SSSR count). The molecule has 10 nitrogen and oxygen atoms in total. The van der Waals surface area contributed by atoms with Gasteiger partial charge < -0.3 is 19.5 Å². The predicted octanol–water partition coefficient (Wildman–Crippen LogP) is 3.47. The average molecular weight is 481 g/mol. The molecule has 0 radical (unpaired) electrons. The summed E-state index contributed by atoms with van der Waals surface area (Å²) >= 11 is 1.21. The molecule has 1 aromatic heterocycles. The number of benzene rings is 2. The standard InChI is InChI=1S/C23H20N4O6S/c1-31-16-7-8-19(32-2)17(11-16)18-13-34-23(26-18)27-21(29)12-33-22(30)14-3-5-15(6-4-14)25-20(28)9-10-24/h3-8,11,13H,9,12H2,1-2H3,(H,25,28)(H,26,27,29). The van der Waals surface area contributed by atoms with Crippen molar-refractivity contribution in [3.63, 3.8) is 0 Å². The molecule has 3 aromatic rings. The van der Waals surface area contributed by atoms with Crippen molar-refractivity contribution >= 4 is 39.9 Å². The van der Waals surface area contributed by atoms with Gasteiger partial charge >= 0.3 is 5.97 Å². The molecule has 0 aliphatic rings. The van der Waals surface area contributed by atoms with E-state index >= 15 is 0 Å². The molecule has 34 heavy (non-hydrogen) atoms. The van der Waals surface area contributed by atoms with Crippen molar-refractivity contribution in [3.8, 4) is 28.8 Å². The second-order valence-electron chi connectivity index (χ2n) is 6.69. The van der Waals surface area contributed by atoms with E-state index in [9.17, 15) is 14.4 Å². The summed E-state index contributed by atoms with van der Waals surface area (Å²) in [4.78, 5) is 40.2. The lowest BCUT2D eigenvalue weighted by atomic mass is 10.1. The minimum Gasteiger partial charge on any atom is -0.497 e. The lowest BCUT2D eigenvalue weighted by Gasteiger charge is -2.08. The highest BCUT2D eigenvalue weighted by Gasteiger charge is 2.15. The van der Waals surface area contributed by atoms with Gasteiger partial charge in [0, 0.05) is 16.6 Å². The van der Waals surface area contributed by atoms with Crippen LogP contribution in [0.2, 0.25) is 0 Å². The number of amides is 2. The molecule has 1 heterocycles. The Morgan fingerprint density at radius 1 is 1.03 bits per heavy atom. The molecule has 0 saturated heterocycles. The fourth-order valence-corrected chi connectivity index (χ4v) is 3.53. The number of carbonyl (C=O) groups excluding carboxylic acids is 3. The summed E-state index contributed by atoms with van der Waals surface area (Å²) in [6.07, 6.45) is -0.271. The number of aromatic nitrogens is 1. The number of hydrogen-bond donors (Lipinski definition) is 2. The van der Waals surface area contributed by atoms with E-state index in [0.29, 0.717) is 33.6 Å². The number of nitrogens with zero attached hydrogens (tertiary/aromatic N) is 2. The van der Waals surface area contributed by atoms with E-state index < -0.39 is 24.4 Å². The van der Waals surface area contributed by atoms with Crippen molar-refractivity contribution in [1.82, 2.24) is 4.98 Å². The lowest BCUT2D eigenvalue weighted by Crippen LogP contribution is -2.20. The Bertz CT molecular complexity index is 1230. The van der Waals surface area contributed by atoms with Crippen molar-refractivity contribution in [3.05, 3.63) is 53.4 Å². The summed E-state index contributed by atoms with van der Waals surface area (Å²) in [6, 6.07) is 12.9. The fraction of sp³-hybridized carbons (Fsp3) is 0.174. The van der Waals surface area contributed by atoms with Crippen LogP contribution >= 0.6 is 11.3 Å². The highest BCUT2D eigenvalue weighted by atomic mass is 32.1. The number of rotatable bonds is 9. The zero-order chi connectivity index (χ0) is 24.5. The van der Waals surface area contributed by atoms with Crippen LogP contribution in [-0.2, 0) is 14.3 Å². The Hall–Kier alpha value is -4.43. The highest BCUT2D eigenvalue weighted by molar-refractivity contribution is 7.14. The second kappa shape index (κ2) is 11.4. The Balaban J connectivity index is 1.55. The van der Waals surface area contributed by atoms with E-state index in [2.05, 4.69) is 15.6 Å². The van der Waals surface area contributed by atoms with E-state index in [4.69, 9.17) is 19.5 Å². The van der Waals surface area contributed by atoms with Gasteiger partial charge in [0.1, 0.15) is 17.9 Å². The van der Waals surface area contributed by atoms with Crippen molar-refractivity contribution in [1.29, 1.82) is 5.26 Å².